The Morgan fingerprint density at radius 1 is 1.21 bits per heavy atom. The van der Waals surface area contributed by atoms with E-state index in [9.17, 15) is 24.3 Å². The molecule has 4 atom stereocenters. The predicted octanol–water partition coefficient (Wildman–Crippen LogP) is -0.212. The molecule has 0 radical (unpaired) electrons. The van der Waals surface area contributed by atoms with Crippen molar-refractivity contribution in [2.75, 3.05) is 18.6 Å². The summed E-state index contributed by atoms with van der Waals surface area (Å²) >= 11 is 1.49. The highest BCUT2D eigenvalue weighted by atomic mass is 32.2. The fraction of sp³-hybridized carbons (Fsp3) is 0.778. The molecule has 0 aromatic rings. The van der Waals surface area contributed by atoms with Gasteiger partial charge in [0.1, 0.15) is 18.1 Å². The van der Waals surface area contributed by atoms with Gasteiger partial charge in [-0.3, -0.25) is 14.4 Å². The zero-order chi connectivity index (χ0) is 21.4. The summed E-state index contributed by atoms with van der Waals surface area (Å²) in [5, 5.41) is 14.5. The van der Waals surface area contributed by atoms with Crippen LogP contribution < -0.4 is 16.4 Å². The summed E-state index contributed by atoms with van der Waals surface area (Å²) in [5.74, 6) is -2.03. The smallest absolute Gasteiger partial charge is 0.326 e. The SMILES string of the molecule is CSCCC(NC(=O)C(NC(=O)C1CCCN1C(=O)C(C)N)C(C)C)C(=O)O. The van der Waals surface area contributed by atoms with Crippen molar-refractivity contribution in [1.82, 2.24) is 15.5 Å². The molecular formula is C18H32N4O5S. The van der Waals surface area contributed by atoms with E-state index in [1.165, 1.54) is 16.7 Å². The molecule has 0 aliphatic carbocycles. The summed E-state index contributed by atoms with van der Waals surface area (Å²) in [6.45, 7) is 5.55. The summed E-state index contributed by atoms with van der Waals surface area (Å²) in [6.07, 6.45) is 3.34. The first-order valence-electron chi connectivity index (χ1n) is 9.48. The number of nitrogens with two attached hydrogens (primary N) is 1. The molecule has 3 amide bonds. The number of likely N-dealkylation sites (tertiary alicyclic amines) is 1. The number of carbonyl (C=O) groups excluding carboxylic acids is 3. The number of nitrogens with zero attached hydrogens (tertiary/aromatic N) is 1. The van der Waals surface area contributed by atoms with Crippen LogP contribution in [0.3, 0.4) is 0 Å². The third-order valence-electron chi connectivity index (χ3n) is 4.70. The monoisotopic (exact) mass is 416 g/mol. The number of carbonyl (C=O) groups is 4. The Labute approximate surface area is 170 Å². The van der Waals surface area contributed by atoms with Crippen LogP contribution >= 0.6 is 11.8 Å². The van der Waals surface area contributed by atoms with Crippen LogP contribution in [0.4, 0.5) is 0 Å². The van der Waals surface area contributed by atoms with Crippen molar-refractivity contribution >= 4 is 35.5 Å². The highest BCUT2D eigenvalue weighted by Crippen LogP contribution is 2.19. The van der Waals surface area contributed by atoms with Crippen molar-refractivity contribution in [2.45, 2.75) is 64.2 Å². The number of nitrogens with one attached hydrogen (secondary N) is 2. The minimum atomic E-state index is -1.11. The van der Waals surface area contributed by atoms with E-state index in [2.05, 4.69) is 10.6 Å². The minimum absolute atomic E-state index is 0.252. The lowest BCUT2D eigenvalue weighted by molar-refractivity contribution is -0.143. The second-order valence-corrected chi connectivity index (χ2v) is 8.38. The summed E-state index contributed by atoms with van der Waals surface area (Å²) in [4.78, 5) is 50.4. The number of carboxylic acid groups (broad SMARTS) is 1. The molecule has 28 heavy (non-hydrogen) atoms. The molecule has 160 valence electrons. The Bertz CT molecular complexity index is 584. The van der Waals surface area contributed by atoms with Gasteiger partial charge in [0.25, 0.3) is 0 Å². The van der Waals surface area contributed by atoms with Gasteiger partial charge in [0.05, 0.1) is 6.04 Å². The first-order valence-corrected chi connectivity index (χ1v) is 10.9. The highest BCUT2D eigenvalue weighted by Gasteiger charge is 2.37. The van der Waals surface area contributed by atoms with Crippen LogP contribution in [-0.4, -0.2) is 76.4 Å². The Morgan fingerprint density at radius 2 is 1.86 bits per heavy atom. The second kappa shape index (κ2) is 11.3. The molecule has 1 saturated heterocycles. The highest BCUT2D eigenvalue weighted by molar-refractivity contribution is 7.98. The lowest BCUT2D eigenvalue weighted by atomic mass is 10.0. The van der Waals surface area contributed by atoms with E-state index in [1.807, 2.05) is 6.26 Å². The lowest BCUT2D eigenvalue weighted by Gasteiger charge is -2.29. The molecule has 0 aromatic heterocycles. The zero-order valence-corrected chi connectivity index (χ0v) is 17.8. The Morgan fingerprint density at radius 3 is 2.36 bits per heavy atom. The maximum Gasteiger partial charge on any atom is 0.326 e. The van der Waals surface area contributed by atoms with Gasteiger partial charge < -0.3 is 26.4 Å². The van der Waals surface area contributed by atoms with Crippen molar-refractivity contribution in [3.05, 3.63) is 0 Å². The van der Waals surface area contributed by atoms with Gasteiger partial charge in [0.2, 0.25) is 17.7 Å². The molecule has 1 heterocycles. The maximum atomic E-state index is 12.7. The number of aliphatic carboxylic acids is 1. The Hall–Kier alpha value is -1.81. The third kappa shape index (κ3) is 6.66. The summed E-state index contributed by atoms with van der Waals surface area (Å²) in [6, 6.07) is -3.28. The van der Waals surface area contributed by atoms with Crippen molar-refractivity contribution in [3.63, 3.8) is 0 Å². The van der Waals surface area contributed by atoms with E-state index in [0.717, 1.165) is 0 Å². The molecule has 5 N–H and O–H groups in total. The van der Waals surface area contributed by atoms with Crippen LogP contribution in [0.25, 0.3) is 0 Å². The van der Waals surface area contributed by atoms with E-state index in [1.54, 1.807) is 20.8 Å². The summed E-state index contributed by atoms with van der Waals surface area (Å²) in [5.41, 5.74) is 5.65. The van der Waals surface area contributed by atoms with E-state index < -0.39 is 42.0 Å². The topological polar surface area (TPSA) is 142 Å². The number of amides is 3. The van der Waals surface area contributed by atoms with Crippen molar-refractivity contribution in [2.24, 2.45) is 11.7 Å². The number of carboxylic acids is 1. The van der Waals surface area contributed by atoms with Crippen LogP contribution in [0.15, 0.2) is 0 Å². The summed E-state index contributed by atoms with van der Waals surface area (Å²) in [7, 11) is 0. The Balaban J connectivity index is 2.82. The van der Waals surface area contributed by atoms with E-state index in [4.69, 9.17) is 5.73 Å². The first-order chi connectivity index (χ1) is 13.1. The van der Waals surface area contributed by atoms with E-state index >= 15 is 0 Å². The molecule has 9 nitrogen and oxygen atoms in total. The molecule has 1 aliphatic heterocycles. The van der Waals surface area contributed by atoms with Crippen molar-refractivity contribution in [3.8, 4) is 0 Å². The number of hydrogen-bond donors (Lipinski definition) is 4. The lowest BCUT2D eigenvalue weighted by Crippen LogP contribution is -2.57. The van der Waals surface area contributed by atoms with Gasteiger partial charge >= 0.3 is 5.97 Å². The molecule has 0 saturated carbocycles. The number of thioether (sulfide) groups is 1. The van der Waals surface area contributed by atoms with Crippen molar-refractivity contribution < 1.29 is 24.3 Å². The van der Waals surface area contributed by atoms with Crippen LogP contribution in [0.5, 0.6) is 0 Å². The van der Waals surface area contributed by atoms with Crippen LogP contribution in [0.2, 0.25) is 0 Å². The average Bonchev–Trinajstić information content (AvgIpc) is 3.11. The molecule has 4 unspecified atom stereocenters. The Kier molecular flexibility index (Phi) is 9.74. The molecule has 1 rings (SSSR count). The standard InChI is InChI=1S/C18H32N4O5S/c1-10(2)14(16(24)20-12(18(26)27)7-9-28-4)21-15(23)13-6-5-8-22(13)17(25)11(3)19/h10-14H,5-9,19H2,1-4H3,(H,20,24)(H,21,23)(H,26,27). The van der Waals surface area contributed by atoms with Gasteiger partial charge in [-0.25, -0.2) is 4.79 Å². The van der Waals surface area contributed by atoms with E-state index in [-0.39, 0.29) is 11.8 Å². The van der Waals surface area contributed by atoms with Gasteiger partial charge in [0.15, 0.2) is 0 Å². The second-order valence-electron chi connectivity index (χ2n) is 7.39. The van der Waals surface area contributed by atoms with Crippen molar-refractivity contribution in [1.29, 1.82) is 0 Å². The van der Waals surface area contributed by atoms with Crippen LogP contribution in [0.1, 0.15) is 40.0 Å². The van der Waals surface area contributed by atoms with Gasteiger partial charge in [-0.05, 0) is 44.1 Å². The third-order valence-corrected chi connectivity index (χ3v) is 5.34. The molecular weight excluding hydrogens is 384 g/mol. The van der Waals surface area contributed by atoms with Gasteiger partial charge in [0, 0.05) is 6.54 Å². The molecule has 0 spiro atoms. The predicted molar refractivity (Wildman–Crippen MR) is 108 cm³/mol. The average molecular weight is 417 g/mol. The van der Waals surface area contributed by atoms with Gasteiger partial charge in [-0.2, -0.15) is 11.8 Å². The fourth-order valence-electron chi connectivity index (χ4n) is 3.10. The molecule has 1 fully saturated rings. The van der Waals surface area contributed by atoms with Crippen LogP contribution in [-0.2, 0) is 19.2 Å². The minimum Gasteiger partial charge on any atom is -0.480 e. The van der Waals surface area contributed by atoms with Gasteiger partial charge in [-0.1, -0.05) is 13.8 Å². The fourth-order valence-corrected chi connectivity index (χ4v) is 3.58. The number of rotatable bonds is 10. The maximum absolute atomic E-state index is 12.7. The van der Waals surface area contributed by atoms with Crippen LogP contribution in [0, 0.1) is 5.92 Å². The largest absolute Gasteiger partial charge is 0.480 e. The molecule has 1 aliphatic rings. The van der Waals surface area contributed by atoms with E-state index in [0.29, 0.717) is 31.6 Å². The quantitative estimate of drug-likeness (QED) is 0.386. The first kappa shape index (κ1) is 24.2. The summed E-state index contributed by atoms with van der Waals surface area (Å²) < 4.78 is 0. The number of hydrogen-bond acceptors (Lipinski definition) is 6. The zero-order valence-electron chi connectivity index (χ0n) is 16.9. The molecule has 0 bridgehead atoms. The molecule has 0 aromatic carbocycles. The van der Waals surface area contributed by atoms with Gasteiger partial charge in [-0.15, -0.1) is 0 Å². The molecule has 10 heteroatoms. The normalized spacial score (nSPS) is 19.8.